The van der Waals surface area contributed by atoms with Crippen LogP contribution < -0.4 is 10.2 Å². The molecular weight excluding hydrogens is 437 g/mol. The van der Waals surface area contributed by atoms with Crippen LogP contribution in [-0.4, -0.2) is 64.7 Å². The first-order chi connectivity index (χ1) is 15.4. The average molecular weight is 462 g/mol. The molecule has 10 heteroatoms. The van der Waals surface area contributed by atoms with E-state index in [1.54, 1.807) is 0 Å². The minimum absolute atomic E-state index is 0.0103. The summed E-state index contributed by atoms with van der Waals surface area (Å²) in [4.78, 5) is 36.2. The molecule has 8 nitrogen and oxygen atoms in total. The Morgan fingerprint density at radius 2 is 1.78 bits per heavy atom. The van der Waals surface area contributed by atoms with E-state index < -0.39 is 11.9 Å². The fourth-order valence-corrected chi connectivity index (χ4v) is 4.74. The van der Waals surface area contributed by atoms with Crippen molar-refractivity contribution in [3.8, 4) is 0 Å². The van der Waals surface area contributed by atoms with Gasteiger partial charge in [-0.05, 0) is 30.5 Å². The molecule has 1 aromatic heterocycles. The summed E-state index contributed by atoms with van der Waals surface area (Å²) < 4.78 is 13.1. The molecule has 0 saturated carbocycles. The maximum absolute atomic E-state index is 13.3. The van der Waals surface area contributed by atoms with Crippen LogP contribution >= 0.6 is 11.6 Å². The van der Waals surface area contributed by atoms with Crippen LogP contribution in [0, 0.1) is 17.7 Å². The molecule has 0 radical (unpaired) electrons. The third kappa shape index (κ3) is 5.09. The Morgan fingerprint density at radius 1 is 1.12 bits per heavy atom. The molecule has 2 amide bonds. The van der Waals surface area contributed by atoms with E-state index in [4.69, 9.17) is 16.7 Å². The number of benzene rings is 1. The summed E-state index contributed by atoms with van der Waals surface area (Å²) in [5.41, 5.74) is 1.05. The second-order valence-corrected chi connectivity index (χ2v) is 8.75. The highest BCUT2D eigenvalue weighted by Crippen LogP contribution is 2.35. The Morgan fingerprint density at radius 3 is 2.41 bits per heavy atom. The molecule has 4 rings (SSSR count). The lowest BCUT2D eigenvalue weighted by Gasteiger charge is -2.33. The van der Waals surface area contributed by atoms with Gasteiger partial charge in [-0.1, -0.05) is 23.7 Å². The molecule has 2 N–H and O–H groups in total. The van der Waals surface area contributed by atoms with Crippen LogP contribution in [0.5, 0.6) is 0 Å². The van der Waals surface area contributed by atoms with Crippen LogP contribution in [0.2, 0.25) is 5.02 Å². The Kier molecular flexibility index (Phi) is 6.74. The quantitative estimate of drug-likeness (QED) is 0.710. The average Bonchev–Trinajstić information content (AvgIpc) is 3.22. The van der Waals surface area contributed by atoms with E-state index in [2.05, 4.69) is 15.3 Å². The van der Waals surface area contributed by atoms with Crippen LogP contribution in [0.4, 0.5) is 15.1 Å². The fraction of sp³-hybridized carbons (Fsp3) is 0.455. The van der Waals surface area contributed by atoms with Crippen LogP contribution in [0.15, 0.2) is 36.7 Å². The Bertz CT molecular complexity index is 951. The van der Waals surface area contributed by atoms with Gasteiger partial charge in [-0.15, -0.1) is 0 Å². The van der Waals surface area contributed by atoms with Crippen molar-refractivity contribution in [3.63, 3.8) is 0 Å². The Labute approximate surface area is 190 Å². The zero-order chi connectivity index (χ0) is 22.7. The molecule has 170 valence electrons. The molecule has 1 aromatic carbocycles. The number of nitrogens with one attached hydrogen (secondary N) is 1. The van der Waals surface area contributed by atoms with Crippen molar-refractivity contribution in [1.29, 1.82) is 0 Å². The van der Waals surface area contributed by atoms with E-state index >= 15 is 0 Å². The third-order valence-electron chi connectivity index (χ3n) is 6.30. The largest absolute Gasteiger partial charge is 0.465 e. The second kappa shape index (κ2) is 9.68. The molecule has 3 heterocycles. The van der Waals surface area contributed by atoms with Crippen LogP contribution in [0.25, 0.3) is 0 Å². The number of hydrogen-bond donors (Lipinski definition) is 2. The predicted molar refractivity (Wildman–Crippen MR) is 117 cm³/mol. The summed E-state index contributed by atoms with van der Waals surface area (Å²) in [5.74, 6) is 0.0148. The molecule has 2 atom stereocenters. The number of amides is 2. The van der Waals surface area contributed by atoms with Gasteiger partial charge in [-0.3, -0.25) is 4.79 Å². The topological polar surface area (TPSA) is 98.7 Å². The summed E-state index contributed by atoms with van der Waals surface area (Å²) in [6, 6.07) is 7.51. The van der Waals surface area contributed by atoms with Gasteiger partial charge in [0.25, 0.3) is 0 Å². The van der Waals surface area contributed by atoms with E-state index in [1.165, 1.54) is 0 Å². The lowest BCUT2D eigenvalue weighted by Crippen LogP contribution is -2.42. The van der Waals surface area contributed by atoms with E-state index in [-0.39, 0.29) is 30.2 Å². The number of carbonyl (C=O) groups is 2. The molecule has 0 aliphatic carbocycles. The number of carboxylic acid groups (broad SMARTS) is 1. The predicted octanol–water partition coefficient (Wildman–Crippen LogP) is 3.00. The first-order valence-corrected chi connectivity index (χ1v) is 11.0. The minimum Gasteiger partial charge on any atom is -0.465 e. The number of rotatable bonds is 5. The lowest BCUT2D eigenvalue weighted by molar-refractivity contribution is -0.135. The van der Waals surface area contributed by atoms with E-state index in [0.717, 1.165) is 18.0 Å². The molecule has 0 bridgehead atoms. The van der Waals surface area contributed by atoms with Gasteiger partial charge in [0.15, 0.2) is 5.82 Å². The molecule has 2 aliphatic rings. The zero-order valence-electron chi connectivity index (χ0n) is 17.5. The molecule has 2 fully saturated rings. The molecule has 0 spiro atoms. The fourth-order valence-electron chi connectivity index (χ4n) is 4.62. The van der Waals surface area contributed by atoms with Gasteiger partial charge in [-0.25, -0.2) is 19.2 Å². The Hall–Kier alpha value is -2.94. The molecular formula is C22H25ClFN5O3. The van der Waals surface area contributed by atoms with Crippen LogP contribution in [-0.2, 0) is 4.79 Å². The van der Waals surface area contributed by atoms with Crippen molar-refractivity contribution in [3.05, 3.63) is 53.1 Å². The standard InChI is InChI=1S/C22H25ClFN5O3/c23-17-3-1-14(2-4-17)19-13-29(12-16(19)9-27-22(31)32)20(30)15-5-7-28(8-6-15)21-25-10-18(24)11-26-21/h1-4,10-11,15-16,19,27H,5-9,12-13H2,(H,31,32)/t16-,19-/m0/s1. The first-order valence-electron chi connectivity index (χ1n) is 10.6. The molecule has 2 aliphatic heterocycles. The van der Waals surface area contributed by atoms with Crippen molar-refractivity contribution in [2.24, 2.45) is 11.8 Å². The van der Waals surface area contributed by atoms with Crippen LogP contribution in [0.3, 0.4) is 0 Å². The summed E-state index contributed by atoms with van der Waals surface area (Å²) >= 11 is 6.02. The van der Waals surface area contributed by atoms with E-state index in [0.29, 0.717) is 50.0 Å². The monoisotopic (exact) mass is 461 g/mol. The summed E-state index contributed by atoms with van der Waals surface area (Å²) in [6.07, 6.45) is 2.55. The smallest absolute Gasteiger partial charge is 0.404 e. The Balaban J connectivity index is 1.40. The van der Waals surface area contributed by atoms with Crippen molar-refractivity contribution in [2.75, 3.05) is 37.6 Å². The molecule has 0 unspecified atom stereocenters. The number of anilines is 1. The maximum atomic E-state index is 13.3. The van der Waals surface area contributed by atoms with Crippen molar-refractivity contribution < 1.29 is 19.1 Å². The summed E-state index contributed by atoms with van der Waals surface area (Å²) in [5, 5.41) is 12.1. The van der Waals surface area contributed by atoms with Crippen molar-refractivity contribution >= 4 is 29.5 Å². The van der Waals surface area contributed by atoms with Gasteiger partial charge < -0.3 is 20.2 Å². The number of halogens is 2. The first kappa shape index (κ1) is 22.3. The highest BCUT2D eigenvalue weighted by Gasteiger charge is 2.39. The summed E-state index contributed by atoms with van der Waals surface area (Å²) in [6.45, 7) is 2.59. The van der Waals surface area contributed by atoms with E-state index in [9.17, 15) is 14.0 Å². The van der Waals surface area contributed by atoms with Gasteiger partial charge >= 0.3 is 6.09 Å². The SMILES string of the molecule is O=C(O)NC[C@H]1CN(C(=O)C2CCN(c3ncc(F)cn3)CC2)C[C@H]1c1ccc(Cl)cc1. The highest BCUT2D eigenvalue weighted by atomic mass is 35.5. The normalized spacial score (nSPS) is 21.6. The number of likely N-dealkylation sites (tertiary alicyclic amines) is 1. The van der Waals surface area contributed by atoms with Gasteiger partial charge in [0, 0.05) is 55.5 Å². The van der Waals surface area contributed by atoms with Crippen molar-refractivity contribution in [2.45, 2.75) is 18.8 Å². The number of carbonyl (C=O) groups excluding carboxylic acids is 1. The maximum Gasteiger partial charge on any atom is 0.404 e. The van der Waals surface area contributed by atoms with Gasteiger partial charge in [0.2, 0.25) is 11.9 Å². The van der Waals surface area contributed by atoms with Crippen LogP contribution in [0.1, 0.15) is 24.3 Å². The van der Waals surface area contributed by atoms with Crippen molar-refractivity contribution in [1.82, 2.24) is 20.2 Å². The third-order valence-corrected chi connectivity index (χ3v) is 6.55. The van der Waals surface area contributed by atoms with Gasteiger partial charge in [-0.2, -0.15) is 0 Å². The number of nitrogens with zero attached hydrogens (tertiary/aromatic N) is 4. The van der Waals surface area contributed by atoms with E-state index in [1.807, 2.05) is 34.1 Å². The second-order valence-electron chi connectivity index (χ2n) is 8.31. The number of piperidine rings is 1. The lowest BCUT2D eigenvalue weighted by atomic mass is 9.89. The minimum atomic E-state index is -1.07. The van der Waals surface area contributed by atoms with Gasteiger partial charge in [0.05, 0.1) is 12.4 Å². The zero-order valence-corrected chi connectivity index (χ0v) is 18.2. The highest BCUT2D eigenvalue weighted by molar-refractivity contribution is 6.30. The summed E-state index contributed by atoms with van der Waals surface area (Å²) in [7, 11) is 0. The number of aromatic nitrogens is 2. The molecule has 2 aromatic rings. The number of hydrogen-bond acceptors (Lipinski definition) is 5. The van der Waals surface area contributed by atoms with Gasteiger partial charge in [0.1, 0.15) is 0 Å². The molecule has 2 saturated heterocycles. The molecule has 32 heavy (non-hydrogen) atoms.